The van der Waals surface area contributed by atoms with Crippen molar-refractivity contribution in [2.45, 2.75) is 46.0 Å². The normalized spacial score (nSPS) is 22.7. The molecular weight excluding hydrogens is 344 g/mol. The molecule has 144 valence electrons. The molecule has 2 N–H and O–H groups in total. The Hall–Kier alpha value is -2.67. The van der Waals surface area contributed by atoms with E-state index in [1.54, 1.807) is 38.4 Å². The molecule has 4 atom stereocenters. The Balaban J connectivity index is 2.07. The number of anilines is 2. The highest BCUT2D eigenvalue weighted by Crippen LogP contribution is 2.43. The number of nitrogens with zero attached hydrogens (tertiary/aromatic N) is 3. The first-order chi connectivity index (χ1) is 12.9. The predicted molar refractivity (Wildman–Crippen MR) is 104 cm³/mol. The number of hydrogen-bond donors (Lipinski definition) is 2. The Morgan fingerprint density at radius 2 is 2.04 bits per heavy atom. The van der Waals surface area contributed by atoms with Crippen molar-refractivity contribution < 1.29 is 14.6 Å². The Morgan fingerprint density at radius 1 is 1.33 bits per heavy atom. The Morgan fingerprint density at radius 3 is 2.67 bits per heavy atom. The minimum absolute atomic E-state index is 0.0761. The summed E-state index contributed by atoms with van der Waals surface area (Å²) in [6, 6.07) is 7.18. The van der Waals surface area contributed by atoms with Gasteiger partial charge in [0.15, 0.2) is 0 Å². The highest BCUT2D eigenvalue weighted by atomic mass is 16.5. The summed E-state index contributed by atoms with van der Waals surface area (Å²) >= 11 is 0. The van der Waals surface area contributed by atoms with Gasteiger partial charge in [0.2, 0.25) is 5.95 Å². The van der Waals surface area contributed by atoms with Crippen molar-refractivity contribution in [1.29, 1.82) is 0 Å². The van der Waals surface area contributed by atoms with Crippen molar-refractivity contribution in [2.24, 2.45) is 5.92 Å². The molecule has 0 amide bonds. The zero-order valence-electron chi connectivity index (χ0n) is 16.1. The molecule has 27 heavy (non-hydrogen) atoms. The van der Waals surface area contributed by atoms with Crippen molar-refractivity contribution >= 4 is 17.6 Å². The van der Waals surface area contributed by atoms with Gasteiger partial charge in [0, 0.05) is 30.0 Å². The van der Waals surface area contributed by atoms with Gasteiger partial charge in [-0.3, -0.25) is 0 Å². The Bertz CT molecular complexity index is 797. The van der Waals surface area contributed by atoms with Gasteiger partial charge in [-0.2, -0.15) is 0 Å². The second-order valence-electron chi connectivity index (χ2n) is 6.83. The lowest BCUT2D eigenvalue weighted by atomic mass is 9.82. The van der Waals surface area contributed by atoms with E-state index < -0.39 is 6.23 Å². The third-order valence-electron chi connectivity index (χ3n) is 5.13. The Kier molecular flexibility index (Phi) is 5.60. The molecule has 0 saturated heterocycles. The fraction of sp³-hybridized carbons (Fsp3) is 0.450. The fourth-order valence-electron chi connectivity index (χ4n) is 3.68. The van der Waals surface area contributed by atoms with Crippen LogP contribution in [0.4, 0.5) is 11.6 Å². The molecule has 7 heteroatoms. The number of aromatic nitrogens is 2. The lowest BCUT2D eigenvalue weighted by Crippen LogP contribution is -2.50. The first-order valence-corrected chi connectivity index (χ1v) is 9.25. The van der Waals surface area contributed by atoms with Crippen LogP contribution in [0.3, 0.4) is 0 Å². The molecule has 2 heterocycles. The molecule has 1 unspecified atom stereocenters. The summed E-state index contributed by atoms with van der Waals surface area (Å²) in [6.45, 7) is 8.05. The van der Waals surface area contributed by atoms with Gasteiger partial charge in [-0.25, -0.2) is 14.8 Å². The second kappa shape index (κ2) is 7.92. The van der Waals surface area contributed by atoms with E-state index in [9.17, 15) is 9.90 Å². The van der Waals surface area contributed by atoms with Gasteiger partial charge in [-0.15, -0.1) is 0 Å². The van der Waals surface area contributed by atoms with Crippen molar-refractivity contribution in [3.63, 3.8) is 0 Å². The number of esters is 1. The first kappa shape index (κ1) is 19.1. The van der Waals surface area contributed by atoms with E-state index in [1.165, 1.54) is 0 Å². The molecular formula is C20H26N4O3. The Labute approximate surface area is 159 Å². The van der Waals surface area contributed by atoms with Crippen LogP contribution in [-0.2, 0) is 4.74 Å². The maximum atomic E-state index is 12.2. The van der Waals surface area contributed by atoms with Crippen LogP contribution in [0.2, 0.25) is 0 Å². The summed E-state index contributed by atoms with van der Waals surface area (Å²) in [5.74, 6) is 0.303. The molecule has 1 aliphatic rings. The molecule has 0 aliphatic carbocycles. The minimum atomic E-state index is -0.649. The van der Waals surface area contributed by atoms with Crippen molar-refractivity contribution in [1.82, 2.24) is 9.97 Å². The number of carbonyl (C=O) groups is 1. The molecule has 2 aromatic rings. The SMILES string of the molecule is CCOC(=O)c1ccc2c(c1)[C@H](Nc1ncccn1)[C@@H](C)[C@H](C)N2C(C)O. The number of aliphatic hydroxyl groups is 1. The fourth-order valence-corrected chi connectivity index (χ4v) is 3.68. The summed E-state index contributed by atoms with van der Waals surface area (Å²) in [5.41, 5.74) is 2.29. The molecule has 0 saturated carbocycles. The van der Waals surface area contributed by atoms with Crippen LogP contribution in [0.5, 0.6) is 0 Å². The molecule has 3 rings (SSSR count). The summed E-state index contributed by atoms with van der Waals surface area (Å²) in [7, 11) is 0. The van der Waals surface area contributed by atoms with Crippen LogP contribution >= 0.6 is 0 Å². The quantitative estimate of drug-likeness (QED) is 0.782. The topological polar surface area (TPSA) is 87.6 Å². The maximum Gasteiger partial charge on any atom is 0.338 e. The molecule has 0 fully saturated rings. The average molecular weight is 370 g/mol. The number of aliphatic hydroxyl groups excluding tert-OH is 1. The van der Waals surface area contributed by atoms with Crippen molar-refractivity contribution in [3.05, 3.63) is 47.8 Å². The van der Waals surface area contributed by atoms with Crippen molar-refractivity contribution in [3.8, 4) is 0 Å². The highest BCUT2D eigenvalue weighted by Gasteiger charge is 2.38. The molecule has 0 bridgehead atoms. The largest absolute Gasteiger partial charge is 0.462 e. The van der Waals surface area contributed by atoms with E-state index in [0.717, 1.165) is 11.3 Å². The van der Waals surface area contributed by atoms with E-state index in [4.69, 9.17) is 4.74 Å². The number of benzene rings is 1. The van der Waals surface area contributed by atoms with E-state index in [-0.39, 0.29) is 24.0 Å². The number of fused-ring (bicyclic) bond motifs is 1. The van der Waals surface area contributed by atoms with Gasteiger partial charge >= 0.3 is 5.97 Å². The van der Waals surface area contributed by atoms with Crippen LogP contribution in [0, 0.1) is 5.92 Å². The first-order valence-electron chi connectivity index (χ1n) is 9.25. The van der Waals surface area contributed by atoms with E-state index in [2.05, 4.69) is 29.1 Å². The van der Waals surface area contributed by atoms with Crippen LogP contribution in [0.25, 0.3) is 0 Å². The van der Waals surface area contributed by atoms with Crippen LogP contribution in [0.1, 0.15) is 49.7 Å². The summed E-state index contributed by atoms with van der Waals surface area (Å²) in [6.07, 6.45) is 2.72. The lowest BCUT2D eigenvalue weighted by molar-refractivity contribution is 0.0526. The van der Waals surface area contributed by atoms with Gasteiger partial charge in [-0.1, -0.05) is 6.92 Å². The summed E-state index contributed by atoms with van der Waals surface area (Å²) in [4.78, 5) is 22.7. The van der Waals surface area contributed by atoms with Gasteiger partial charge in [-0.05, 0) is 50.6 Å². The van der Waals surface area contributed by atoms with Crippen LogP contribution < -0.4 is 10.2 Å². The van der Waals surface area contributed by atoms with Crippen LogP contribution in [0.15, 0.2) is 36.7 Å². The molecule has 1 aromatic carbocycles. The minimum Gasteiger partial charge on any atom is -0.462 e. The molecule has 0 spiro atoms. The lowest BCUT2D eigenvalue weighted by Gasteiger charge is -2.46. The summed E-state index contributed by atoms with van der Waals surface area (Å²) in [5, 5.41) is 13.7. The number of carbonyl (C=O) groups excluding carboxylic acids is 1. The van der Waals surface area contributed by atoms with Gasteiger partial charge in [0.25, 0.3) is 0 Å². The molecule has 1 aromatic heterocycles. The number of hydrogen-bond acceptors (Lipinski definition) is 7. The number of rotatable bonds is 5. The smallest absolute Gasteiger partial charge is 0.338 e. The average Bonchev–Trinajstić information content (AvgIpc) is 2.66. The number of nitrogens with one attached hydrogen (secondary N) is 1. The third kappa shape index (κ3) is 3.73. The molecule has 0 radical (unpaired) electrons. The molecule has 7 nitrogen and oxygen atoms in total. The van der Waals surface area contributed by atoms with Gasteiger partial charge in [0.05, 0.1) is 18.2 Å². The monoisotopic (exact) mass is 370 g/mol. The second-order valence-corrected chi connectivity index (χ2v) is 6.83. The van der Waals surface area contributed by atoms with E-state index >= 15 is 0 Å². The van der Waals surface area contributed by atoms with Gasteiger partial charge in [0.1, 0.15) is 6.23 Å². The molecule has 1 aliphatic heterocycles. The van der Waals surface area contributed by atoms with Crippen molar-refractivity contribution in [2.75, 3.05) is 16.8 Å². The maximum absolute atomic E-state index is 12.2. The zero-order chi connectivity index (χ0) is 19.6. The van der Waals surface area contributed by atoms with E-state index in [1.807, 2.05) is 17.0 Å². The van der Waals surface area contributed by atoms with Crippen LogP contribution in [-0.4, -0.2) is 39.9 Å². The highest BCUT2D eigenvalue weighted by molar-refractivity contribution is 5.90. The zero-order valence-corrected chi connectivity index (χ0v) is 16.1. The number of ether oxygens (including phenoxy) is 1. The van der Waals surface area contributed by atoms with Gasteiger partial charge < -0.3 is 20.1 Å². The summed E-state index contributed by atoms with van der Waals surface area (Å²) < 4.78 is 5.15. The third-order valence-corrected chi connectivity index (χ3v) is 5.13. The predicted octanol–water partition coefficient (Wildman–Crippen LogP) is 2.99. The standard InChI is InChI=1S/C20H26N4O3/c1-5-27-19(26)15-7-8-17-16(11-15)18(23-20-21-9-6-10-22-20)12(2)13(3)24(17)14(4)25/h6-14,18,25H,5H2,1-4H3,(H,21,22,23)/t12-,13-,14?,18+/m0/s1. The van der Waals surface area contributed by atoms with E-state index in [0.29, 0.717) is 18.1 Å².